The molecule has 1 atom stereocenters. The monoisotopic (exact) mass is 250 g/mol. The van der Waals surface area contributed by atoms with Crippen LogP contribution in [0, 0.1) is 6.92 Å². The Bertz CT molecular complexity index is 370. The highest BCUT2D eigenvalue weighted by atomic mass is 16.6. The van der Waals surface area contributed by atoms with Crippen LogP contribution < -0.4 is 0 Å². The SMILES string of the molecule is CCC1CO1.CCCOC(=O)c1cccc(C)c1. The second kappa shape index (κ2) is 7.88. The molecule has 100 valence electrons. The Morgan fingerprint density at radius 1 is 1.44 bits per heavy atom. The molecule has 1 aliphatic heterocycles. The summed E-state index contributed by atoms with van der Waals surface area (Å²) in [5, 5.41) is 0. The quantitative estimate of drug-likeness (QED) is 0.607. The van der Waals surface area contributed by atoms with Crippen LogP contribution in [0.5, 0.6) is 0 Å². The van der Waals surface area contributed by atoms with Gasteiger partial charge < -0.3 is 9.47 Å². The molecule has 1 fully saturated rings. The summed E-state index contributed by atoms with van der Waals surface area (Å²) in [6.07, 6.45) is 2.69. The standard InChI is InChI=1S/C11H14O2.C4H8O/c1-3-7-13-11(12)10-6-4-5-9(2)8-10;1-2-4-3-5-4/h4-6,8H,3,7H2,1-2H3;4H,2-3H2,1H3. The molecule has 1 saturated heterocycles. The van der Waals surface area contributed by atoms with Gasteiger partial charge in [-0.3, -0.25) is 0 Å². The van der Waals surface area contributed by atoms with E-state index in [-0.39, 0.29) is 5.97 Å². The Morgan fingerprint density at radius 2 is 2.17 bits per heavy atom. The molecule has 0 aliphatic carbocycles. The van der Waals surface area contributed by atoms with Gasteiger partial charge in [0.1, 0.15) is 0 Å². The normalized spacial score (nSPS) is 16.5. The molecule has 1 heterocycles. The van der Waals surface area contributed by atoms with Gasteiger partial charge in [0, 0.05) is 0 Å². The van der Waals surface area contributed by atoms with Gasteiger partial charge in [0.25, 0.3) is 0 Å². The minimum Gasteiger partial charge on any atom is -0.462 e. The Balaban J connectivity index is 0.000000269. The van der Waals surface area contributed by atoms with Gasteiger partial charge in [-0.2, -0.15) is 0 Å². The van der Waals surface area contributed by atoms with E-state index in [1.54, 1.807) is 6.07 Å². The minimum absolute atomic E-state index is 0.231. The third kappa shape index (κ3) is 5.82. The van der Waals surface area contributed by atoms with Crippen LogP contribution in [0.1, 0.15) is 42.6 Å². The van der Waals surface area contributed by atoms with Gasteiger partial charge in [-0.05, 0) is 31.9 Å². The summed E-state index contributed by atoms with van der Waals surface area (Å²) < 4.78 is 9.85. The van der Waals surface area contributed by atoms with Crippen molar-refractivity contribution in [1.29, 1.82) is 0 Å². The van der Waals surface area contributed by atoms with Crippen molar-refractivity contribution in [3.63, 3.8) is 0 Å². The van der Waals surface area contributed by atoms with Crippen molar-refractivity contribution in [2.45, 2.75) is 39.7 Å². The van der Waals surface area contributed by atoms with Crippen LogP contribution in [0.4, 0.5) is 0 Å². The number of hydrogen-bond acceptors (Lipinski definition) is 3. The number of carbonyl (C=O) groups excluding carboxylic acids is 1. The maximum atomic E-state index is 11.3. The van der Waals surface area contributed by atoms with Crippen molar-refractivity contribution in [1.82, 2.24) is 0 Å². The van der Waals surface area contributed by atoms with Crippen molar-refractivity contribution in [3.8, 4) is 0 Å². The molecule has 0 amide bonds. The van der Waals surface area contributed by atoms with Crippen LogP contribution in [-0.4, -0.2) is 25.3 Å². The van der Waals surface area contributed by atoms with Crippen molar-refractivity contribution in [2.75, 3.05) is 13.2 Å². The summed E-state index contributed by atoms with van der Waals surface area (Å²) in [5.74, 6) is -0.231. The van der Waals surface area contributed by atoms with Crippen LogP contribution in [-0.2, 0) is 9.47 Å². The summed E-state index contributed by atoms with van der Waals surface area (Å²) in [7, 11) is 0. The topological polar surface area (TPSA) is 38.8 Å². The predicted octanol–water partition coefficient (Wildman–Crippen LogP) is 3.36. The van der Waals surface area contributed by atoms with Crippen molar-refractivity contribution >= 4 is 5.97 Å². The zero-order valence-electron chi connectivity index (χ0n) is 11.4. The number of rotatable bonds is 4. The van der Waals surface area contributed by atoms with E-state index >= 15 is 0 Å². The van der Waals surface area contributed by atoms with Gasteiger partial charge in [-0.1, -0.05) is 31.5 Å². The number of hydrogen-bond donors (Lipinski definition) is 0. The van der Waals surface area contributed by atoms with Crippen LogP contribution in [0.25, 0.3) is 0 Å². The number of benzene rings is 1. The second-order valence-electron chi connectivity index (χ2n) is 4.37. The minimum atomic E-state index is -0.231. The highest BCUT2D eigenvalue weighted by Gasteiger charge is 2.18. The number of ether oxygens (including phenoxy) is 2. The largest absolute Gasteiger partial charge is 0.462 e. The molecule has 18 heavy (non-hydrogen) atoms. The zero-order valence-corrected chi connectivity index (χ0v) is 11.4. The maximum absolute atomic E-state index is 11.3. The molecular formula is C15H22O3. The first kappa shape index (κ1) is 14.7. The fraction of sp³-hybridized carbons (Fsp3) is 0.533. The van der Waals surface area contributed by atoms with Gasteiger partial charge in [-0.25, -0.2) is 4.79 Å². The molecule has 1 unspecified atom stereocenters. The number of esters is 1. The molecule has 3 nitrogen and oxygen atoms in total. The predicted molar refractivity (Wildman–Crippen MR) is 71.8 cm³/mol. The fourth-order valence-electron chi connectivity index (χ4n) is 1.35. The van der Waals surface area contributed by atoms with E-state index in [4.69, 9.17) is 9.47 Å². The van der Waals surface area contributed by atoms with Gasteiger partial charge in [-0.15, -0.1) is 0 Å². The maximum Gasteiger partial charge on any atom is 0.338 e. The molecule has 0 spiro atoms. The van der Waals surface area contributed by atoms with E-state index in [1.165, 1.54) is 6.42 Å². The van der Waals surface area contributed by atoms with Gasteiger partial charge in [0.2, 0.25) is 0 Å². The van der Waals surface area contributed by atoms with Gasteiger partial charge >= 0.3 is 5.97 Å². The molecule has 2 rings (SSSR count). The van der Waals surface area contributed by atoms with Crippen molar-refractivity contribution in [2.24, 2.45) is 0 Å². The third-order valence-electron chi connectivity index (χ3n) is 2.55. The first-order valence-electron chi connectivity index (χ1n) is 6.52. The molecule has 0 radical (unpaired) electrons. The summed E-state index contributed by atoms with van der Waals surface area (Å²) in [6, 6.07) is 7.41. The number of carbonyl (C=O) groups is 1. The molecule has 0 N–H and O–H groups in total. The molecule has 1 aromatic carbocycles. The smallest absolute Gasteiger partial charge is 0.338 e. The third-order valence-corrected chi connectivity index (χ3v) is 2.55. The lowest BCUT2D eigenvalue weighted by atomic mass is 10.1. The van der Waals surface area contributed by atoms with Gasteiger partial charge in [0.05, 0.1) is 24.9 Å². The summed E-state index contributed by atoms with van der Waals surface area (Å²) >= 11 is 0. The Labute approximate surface area is 109 Å². The lowest BCUT2D eigenvalue weighted by Crippen LogP contribution is -2.05. The Kier molecular flexibility index (Phi) is 6.44. The van der Waals surface area contributed by atoms with E-state index in [0.717, 1.165) is 18.6 Å². The molecule has 0 bridgehead atoms. The first-order chi connectivity index (χ1) is 8.67. The van der Waals surface area contributed by atoms with Crippen LogP contribution in [0.15, 0.2) is 24.3 Å². The molecule has 1 aliphatic rings. The molecular weight excluding hydrogens is 228 g/mol. The highest BCUT2D eigenvalue weighted by molar-refractivity contribution is 5.89. The van der Waals surface area contributed by atoms with E-state index in [0.29, 0.717) is 18.3 Å². The summed E-state index contributed by atoms with van der Waals surface area (Å²) in [4.78, 5) is 11.3. The van der Waals surface area contributed by atoms with Crippen molar-refractivity contribution < 1.29 is 14.3 Å². The fourth-order valence-corrected chi connectivity index (χ4v) is 1.35. The van der Waals surface area contributed by atoms with Crippen molar-refractivity contribution in [3.05, 3.63) is 35.4 Å². The number of aryl methyl sites for hydroxylation is 1. The van der Waals surface area contributed by atoms with E-state index in [1.807, 2.05) is 32.0 Å². The second-order valence-corrected chi connectivity index (χ2v) is 4.37. The lowest BCUT2D eigenvalue weighted by Gasteiger charge is -2.02. The Morgan fingerprint density at radius 3 is 2.61 bits per heavy atom. The summed E-state index contributed by atoms with van der Waals surface area (Å²) in [5.41, 5.74) is 1.71. The zero-order chi connectivity index (χ0) is 13.4. The molecule has 0 saturated carbocycles. The van der Waals surface area contributed by atoms with Crippen LogP contribution in [0.2, 0.25) is 0 Å². The van der Waals surface area contributed by atoms with Crippen LogP contribution in [0.3, 0.4) is 0 Å². The average molecular weight is 250 g/mol. The lowest BCUT2D eigenvalue weighted by molar-refractivity contribution is 0.0505. The molecule has 0 aromatic heterocycles. The number of epoxide rings is 1. The molecule has 1 aromatic rings. The van der Waals surface area contributed by atoms with E-state index < -0.39 is 0 Å². The average Bonchev–Trinajstić information content (AvgIpc) is 3.20. The van der Waals surface area contributed by atoms with E-state index in [9.17, 15) is 4.79 Å². The van der Waals surface area contributed by atoms with E-state index in [2.05, 4.69) is 6.92 Å². The molecule has 3 heteroatoms. The Hall–Kier alpha value is -1.35. The highest BCUT2D eigenvalue weighted by Crippen LogP contribution is 2.10. The van der Waals surface area contributed by atoms with Crippen LogP contribution >= 0.6 is 0 Å². The summed E-state index contributed by atoms with van der Waals surface area (Å²) in [6.45, 7) is 7.57. The van der Waals surface area contributed by atoms with Gasteiger partial charge in [0.15, 0.2) is 0 Å². The first-order valence-corrected chi connectivity index (χ1v) is 6.52.